The molecule has 1 saturated carbocycles. The van der Waals surface area contributed by atoms with E-state index in [1.165, 1.54) is 6.33 Å². The van der Waals surface area contributed by atoms with E-state index in [0.717, 1.165) is 43.7 Å². The van der Waals surface area contributed by atoms with Crippen LogP contribution in [0.3, 0.4) is 0 Å². The average molecular weight is 406 g/mol. The molecule has 3 heterocycles. The van der Waals surface area contributed by atoms with Crippen LogP contribution < -0.4 is 0 Å². The molecule has 8 nitrogen and oxygen atoms in total. The predicted octanol–water partition coefficient (Wildman–Crippen LogP) is 1.67. The molecule has 4 rings (SSSR count). The van der Waals surface area contributed by atoms with Gasteiger partial charge in [-0.3, -0.25) is 4.90 Å². The number of hydrogen-bond donors (Lipinski definition) is 0. The quantitative estimate of drug-likeness (QED) is 0.627. The Hall–Kier alpha value is -1.84. The average Bonchev–Trinajstić information content (AvgIpc) is 3.15. The molecule has 0 radical (unpaired) electrons. The van der Waals surface area contributed by atoms with E-state index >= 15 is 0 Å². The van der Waals surface area contributed by atoms with E-state index < -0.39 is 9.84 Å². The number of nitrogens with zero attached hydrogens (tertiary/aromatic N) is 5. The minimum Gasteiger partial charge on any atom is -0.376 e. The number of imidazole rings is 1. The summed E-state index contributed by atoms with van der Waals surface area (Å²) in [6, 6.07) is 1.88. The SMILES string of the molecule is CN(Cc1ccncn1)Cc1cnc(S(=O)(=O)CC2CC2)n1CC1CCCO1. The number of ether oxygens (including phenoxy) is 1. The summed E-state index contributed by atoms with van der Waals surface area (Å²) in [6.07, 6.45) is 8.98. The lowest BCUT2D eigenvalue weighted by Crippen LogP contribution is -2.25. The largest absolute Gasteiger partial charge is 0.376 e. The monoisotopic (exact) mass is 405 g/mol. The first-order valence-electron chi connectivity index (χ1n) is 9.83. The van der Waals surface area contributed by atoms with E-state index in [-0.39, 0.29) is 17.0 Å². The first-order chi connectivity index (χ1) is 13.5. The van der Waals surface area contributed by atoms with Crippen LogP contribution in [-0.2, 0) is 34.2 Å². The van der Waals surface area contributed by atoms with Gasteiger partial charge >= 0.3 is 0 Å². The Kier molecular flexibility index (Phi) is 5.75. The van der Waals surface area contributed by atoms with Gasteiger partial charge in [0.2, 0.25) is 15.0 Å². The fourth-order valence-corrected chi connectivity index (χ4v) is 5.49. The van der Waals surface area contributed by atoms with Crippen molar-refractivity contribution in [2.24, 2.45) is 5.92 Å². The minimum absolute atomic E-state index is 0.0509. The fourth-order valence-electron chi connectivity index (χ4n) is 3.64. The van der Waals surface area contributed by atoms with E-state index in [9.17, 15) is 8.42 Å². The van der Waals surface area contributed by atoms with Gasteiger partial charge < -0.3 is 9.30 Å². The topological polar surface area (TPSA) is 90.2 Å². The van der Waals surface area contributed by atoms with E-state index in [4.69, 9.17) is 4.74 Å². The Labute approximate surface area is 165 Å². The molecule has 2 aromatic rings. The first kappa shape index (κ1) is 19.5. The molecule has 0 amide bonds. The maximum atomic E-state index is 12.9. The van der Waals surface area contributed by atoms with Gasteiger partial charge in [0, 0.05) is 25.9 Å². The van der Waals surface area contributed by atoms with Crippen molar-refractivity contribution in [1.82, 2.24) is 24.4 Å². The second-order valence-corrected chi connectivity index (χ2v) is 9.80. The van der Waals surface area contributed by atoms with Gasteiger partial charge in [-0.15, -0.1) is 0 Å². The summed E-state index contributed by atoms with van der Waals surface area (Å²) in [7, 11) is -1.40. The molecular formula is C19H27N5O3S. The Bertz CT molecular complexity index is 890. The normalized spacial score (nSPS) is 20.1. The van der Waals surface area contributed by atoms with Crippen LogP contribution in [0.1, 0.15) is 37.1 Å². The zero-order valence-corrected chi connectivity index (χ0v) is 17.0. The summed E-state index contributed by atoms with van der Waals surface area (Å²) in [5.41, 5.74) is 1.81. The Morgan fingerprint density at radius 2 is 2.11 bits per heavy atom. The van der Waals surface area contributed by atoms with E-state index in [1.54, 1.807) is 12.4 Å². The highest BCUT2D eigenvalue weighted by molar-refractivity contribution is 7.91. The molecule has 0 bridgehead atoms. The van der Waals surface area contributed by atoms with Gasteiger partial charge in [0.15, 0.2) is 0 Å². The van der Waals surface area contributed by atoms with Crippen molar-refractivity contribution in [3.05, 3.63) is 36.2 Å². The van der Waals surface area contributed by atoms with Crippen LogP contribution in [0.2, 0.25) is 0 Å². The molecule has 2 aliphatic rings. The van der Waals surface area contributed by atoms with Crippen molar-refractivity contribution >= 4 is 9.84 Å². The summed E-state index contributed by atoms with van der Waals surface area (Å²) in [5.74, 6) is 0.493. The Balaban J connectivity index is 1.55. The van der Waals surface area contributed by atoms with Crippen LogP contribution in [0.5, 0.6) is 0 Å². The summed E-state index contributed by atoms with van der Waals surface area (Å²) < 4.78 is 33.5. The number of sulfone groups is 1. The van der Waals surface area contributed by atoms with Crippen molar-refractivity contribution in [1.29, 1.82) is 0 Å². The summed E-state index contributed by atoms with van der Waals surface area (Å²) in [6.45, 7) is 2.52. The summed E-state index contributed by atoms with van der Waals surface area (Å²) >= 11 is 0. The second-order valence-electron chi connectivity index (χ2n) is 7.88. The summed E-state index contributed by atoms with van der Waals surface area (Å²) in [4.78, 5) is 14.6. The smallest absolute Gasteiger partial charge is 0.227 e. The molecule has 152 valence electrons. The highest BCUT2D eigenvalue weighted by Crippen LogP contribution is 2.32. The third-order valence-electron chi connectivity index (χ3n) is 5.25. The van der Waals surface area contributed by atoms with Gasteiger partial charge in [-0.1, -0.05) is 0 Å². The third kappa shape index (κ3) is 4.76. The van der Waals surface area contributed by atoms with Gasteiger partial charge in [-0.25, -0.2) is 23.4 Å². The van der Waals surface area contributed by atoms with Crippen molar-refractivity contribution in [3.8, 4) is 0 Å². The molecule has 9 heteroatoms. The zero-order valence-electron chi connectivity index (χ0n) is 16.2. The van der Waals surface area contributed by atoms with E-state index in [2.05, 4.69) is 19.9 Å². The van der Waals surface area contributed by atoms with Gasteiger partial charge in [-0.05, 0) is 44.7 Å². The van der Waals surface area contributed by atoms with Crippen molar-refractivity contribution in [2.45, 2.75) is 56.6 Å². The molecule has 28 heavy (non-hydrogen) atoms. The van der Waals surface area contributed by atoms with Crippen LogP contribution in [0.25, 0.3) is 0 Å². The van der Waals surface area contributed by atoms with Crippen LogP contribution in [0.4, 0.5) is 0 Å². The molecule has 2 fully saturated rings. The molecule has 1 unspecified atom stereocenters. The third-order valence-corrected chi connectivity index (χ3v) is 7.04. The maximum Gasteiger partial charge on any atom is 0.227 e. The zero-order chi connectivity index (χ0) is 19.6. The number of aromatic nitrogens is 4. The molecule has 0 aromatic carbocycles. The van der Waals surface area contributed by atoms with E-state index in [1.807, 2.05) is 17.7 Å². The van der Waals surface area contributed by atoms with Crippen molar-refractivity contribution in [2.75, 3.05) is 19.4 Å². The molecule has 1 aliphatic heterocycles. The fraction of sp³-hybridized carbons (Fsp3) is 0.632. The lowest BCUT2D eigenvalue weighted by molar-refractivity contribution is 0.0934. The highest BCUT2D eigenvalue weighted by Gasteiger charge is 2.33. The lowest BCUT2D eigenvalue weighted by Gasteiger charge is -2.20. The molecule has 0 spiro atoms. The molecule has 1 saturated heterocycles. The number of hydrogen-bond acceptors (Lipinski definition) is 7. The minimum atomic E-state index is -3.39. The number of rotatable bonds is 9. The van der Waals surface area contributed by atoms with Crippen LogP contribution in [0, 0.1) is 5.92 Å². The predicted molar refractivity (Wildman–Crippen MR) is 103 cm³/mol. The first-order valence-corrected chi connectivity index (χ1v) is 11.5. The molecule has 2 aromatic heterocycles. The maximum absolute atomic E-state index is 12.9. The lowest BCUT2D eigenvalue weighted by atomic mass is 10.2. The second kappa shape index (κ2) is 8.26. The van der Waals surface area contributed by atoms with Crippen molar-refractivity contribution in [3.63, 3.8) is 0 Å². The highest BCUT2D eigenvalue weighted by atomic mass is 32.2. The molecule has 1 aliphatic carbocycles. The van der Waals surface area contributed by atoms with Crippen molar-refractivity contribution < 1.29 is 13.2 Å². The van der Waals surface area contributed by atoms with E-state index in [0.29, 0.717) is 25.6 Å². The molecule has 1 atom stereocenters. The van der Waals surface area contributed by atoms with Crippen LogP contribution in [0.15, 0.2) is 29.9 Å². The standard InChI is InChI=1S/C19H27N5O3S/c1-23(10-16-6-7-20-14-22-16)11-17-9-21-19(28(25,26)13-15-4-5-15)24(17)12-18-3-2-8-27-18/h6-7,9,14-15,18H,2-5,8,10-13H2,1H3. The van der Waals surface area contributed by atoms with Gasteiger partial charge in [0.1, 0.15) is 6.33 Å². The van der Waals surface area contributed by atoms with Gasteiger partial charge in [0.05, 0.1) is 36.0 Å². The van der Waals surface area contributed by atoms with Gasteiger partial charge in [-0.2, -0.15) is 0 Å². The van der Waals surface area contributed by atoms with Gasteiger partial charge in [0.25, 0.3) is 0 Å². The van der Waals surface area contributed by atoms with Crippen LogP contribution >= 0.6 is 0 Å². The Morgan fingerprint density at radius 3 is 2.79 bits per heavy atom. The molecular weight excluding hydrogens is 378 g/mol. The molecule has 0 N–H and O–H groups in total. The Morgan fingerprint density at radius 1 is 1.25 bits per heavy atom. The summed E-state index contributed by atoms with van der Waals surface area (Å²) in [5, 5.41) is 0.195. The van der Waals surface area contributed by atoms with Crippen LogP contribution in [-0.4, -0.2) is 58.3 Å².